The monoisotopic (exact) mass is 493 g/mol. The summed E-state index contributed by atoms with van der Waals surface area (Å²) >= 11 is 5.20. The summed E-state index contributed by atoms with van der Waals surface area (Å²) < 4.78 is 1.17. The van der Waals surface area contributed by atoms with Crippen LogP contribution >= 0.6 is 34.4 Å². The predicted molar refractivity (Wildman–Crippen MR) is 143 cm³/mol. The highest BCUT2D eigenvalue weighted by molar-refractivity contribution is 7.99. The number of carbonyl (C=O) groups excluding carboxylic acids is 1. The Kier molecular flexibility index (Phi) is 6.56. The molecule has 1 amide bonds. The van der Waals surface area contributed by atoms with Crippen LogP contribution in [0.15, 0.2) is 53.4 Å². The molecule has 0 atom stereocenters. The normalized spacial score (nSPS) is 14.1. The van der Waals surface area contributed by atoms with Crippen LogP contribution in [0.5, 0.6) is 0 Å². The number of nitrogens with one attached hydrogen (secondary N) is 1. The molecule has 4 aromatic rings. The van der Waals surface area contributed by atoms with E-state index in [0.29, 0.717) is 11.6 Å². The first-order valence-electron chi connectivity index (χ1n) is 11.3. The van der Waals surface area contributed by atoms with Crippen LogP contribution in [0.4, 0.5) is 5.00 Å². The number of amides is 1. The zero-order chi connectivity index (χ0) is 22.9. The van der Waals surface area contributed by atoms with Gasteiger partial charge in [0, 0.05) is 40.0 Å². The van der Waals surface area contributed by atoms with Gasteiger partial charge in [-0.3, -0.25) is 9.69 Å². The van der Waals surface area contributed by atoms with Crippen LogP contribution in [0.1, 0.15) is 41.6 Å². The highest BCUT2D eigenvalue weighted by Gasteiger charge is 2.28. The maximum Gasteiger partial charge on any atom is 0.256 e. The number of thiazole rings is 1. The van der Waals surface area contributed by atoms with Crippen molar-refractivity contribution in [1.82, 2.24) is 9.88 Å². The van der Waals surface area contributed by atoms with Gasteiger partial charge in [0.1, 0.15) is 10.0 Å². The van der Waals surface area contributed by atoms with E-state index in [1.807, 2.05) is 30.3 Å². The topological polar surface area (TPSA) is 45.2 Å². The molecule has 4 nitrogen and oxygen atoms in total. The second-order valence-electron chi connectivity index (χ2n) is 8.42. The largest absolute Gasteiger partial charge is 0.313 e. The summed E-state index contributed by atoms with van der Waals surface area (Å²) in [5.41, 5.74) is 4.16. The molecule has 0 radical (unpaired) electrons. The quantitative estimate of drug-likeness (QED) is 0.290. The van der Waals surface area contributed by atoms with Crippen molar-refractivity contribution in [2.75, 3.05) is 17.6 Å². The average Bonchev–Trinajstić information content (AvgIpc) is 3.39. The molecule has 0 fully saturated rings. The minimum atomic E-state index is -0.0651. The van der Waals surface area contributed by atoms with Crippen molar-refractivity contribution in [3.63, 3.8) is 0 Å². The minimum Gasteiger partial charge on any atom is -0.313 e. The molecular formula is C26H27N3OS3. The highest BCUT2D eigenvalue weighted by Crippen LogP contribution is 2.46. The summed E-state index contributed by atoms with van der Waals surface area (Å²) in [7, 11) is 0. The fourth-order valence-corrected chi connectivity index (χ4v) is 7.24. The van der Waals surface area contributed by atoms with Gasteiger partial charge in [-0.1, -0.05) is 19.1 Å². The first kappa shape index (κ1) is 22.6. The molecule has 0 aliphatic carbocycles. The molecule has 1 aliphatic rings. The minimum absolute atomic E-state index is 0.0651. The van der Waals surface area contributed by atoms with E-state index in [4.69, 9.17) is 4.98 Å². The van der Waals surface area contributed by atoms with Gasteiger partial charge in [-0.05, 0) is 68.0 Å². The SMILES string of the molecule is CCSc1ccc(C(=O)Nc2sc3c(c2-c2nc4ccccc4s2)CCN(C(C)C)C3)cc1. The molecule has 170 valence electrons. The zero-order valence-corrected chi connectivity index (χ0v) is 21.5. The van der Waals surface area contributed by atoms with E-state index < -0.39 is 0 Å². The second kappa shape index (κ2) is 9.58. The number of para-hydroxylation sites is 1. The number of nitrogens with zero attached hydrogens (tertiary/aromatic N) is 2. The molecule has 2 aromatic carbocycles. The molecule has 0 saturated heterocycles. The Balaban J connectivity index is 1.52. The summed E-state index contributed by atoms with van der Waals surface area (Å²) in [5, 5.41) is 5.16. The van der Waals surface area contributed by atoms with Crippen molar-refractivity contribution in [3.8, 4) is 10.6 Å². The Morgan fingerprint density at radius 3 is 2.67 bits per heavy atom. The van der Waals surface area contributed by atoms with E-state index in [1.54, 1.807) is 34.4 Å². The van der Waals surface area contributed by atoms with Gasteiger partial charge in [-0.15, -0.1) is 34.4 Å². The summed E-state index contributed by atoms with van der Waals surface area (Å²) in [4.78, 5) is 23.2. The van der Waals surface area contributed by atoms with Crippen LogP contribution in [-0.4, -0.2) is 34.1 Å². The zero-order valence-electron chi connectivity index (χ0n) is 19.1. The smallest absolute Gasteiger partial charge is 0.256 e. The van der Waals surface area contributed by atoms with Gasteiger partial charge in [0.25, 0.3) is 5.91 Å². The first-order chi connectivity index (χ1) is 16.0. The molecule has 3 heterocycles. The van der Waals surface area contributed by atoms with Crippen molar-refractivity contribution in [2.24, 2.45) is 0 Å². The maximum atomic E-state index is 13.2. The van der Waals surface area contributed by atoms with Crippen molar-refractivity contribution >= 4 is 55.6 Å². The molecule has 33 heavy (non-hydrogen) atoms. The number of thiophene rings is 1. The number of hydrogen-bond donors (Lipinski definition) is 1. The van der Waals surface area contributed by atoms with E-state index in [9.17, 15) is 4.79 Å². The molecule has 5 rings (SSSR count). The van der Waals surface area contributed by atoms with Crippen molar-refractivity contribution < 1.29 is 4.79 Å². The van der Waals surface area contributed by atoms with Crippen molar-refractivity contribution in [2.45, 2.75) is 44.7 Å². The first-order valence-corrected chi connectivity index (χ1v) is 13.9. The van der Waals surface area contributed by atoms with E-state index in [0.717, 1.165) is 46.4 Å². The number of hydrogen-bond acceptors (Lipinski definition) is 6. The molecule has 7 heteroatoms. The molecule has 2 aromatic heterocycles. The van der Waals surface area contributed by atoms with Crippen molar-refractivity contribution in [1.29, 1.82) is 0 Å². The second-order valence-corrected chi connectivity index (χ2v) is 11.9. The Hall–Kier alpha value is -2.19. The van der Waals surface area contributed by atoms with Gasteiger partial charge < -0.3 is 5.32 Å². The standard InChI is InChI=1S/C26H27N3OS3/c1-4-31-18-11-9-17(10-12-18)24(30)28-26-23(25-27-20-7-5-6-8-21(20)32-25)19-13-14-29(16(2)3)15-22(19)33-26/h5-12,16H,4,13-15H2,1-3H3,(H,28,30). The lowest BCUT2D eigenvalue weighted by atomic mass is 10.0. The number of aromatic nitrogens is 1. The maximum absolute atomic E-state index is 13.2. The molecule has 0 unspecified atom stereocenters. The fraction of sp³-hybridized carbons (Fsp3) is 0.308. The molecular weight excluding hydrogens is 467 g/mol. The van der Waals surface area contributed by atoms with Gasteiger partial charge in [0.05, 0.1) is 10.2 Å². The lowest BCUT2D eigenvalue weighted by Gasteiger charge is -2.30. The third-order valence-corrected chi connectivity index (χ3v) is 9.06. The summed E-state index contributed by atoms with van der Waals surface area (Å²) in [6.07, 6.45) is 0.980. The summed E-state index contributed by atoms with van der Waals surface area (Å²) in [6, 6.07) is 16.6. The molecule has 0 spiro atoms. The molecule has 1 aliphatic heterocycles. The summed E-state index contributed by atoms with van der Waals surface area (Å²) in [6.45, 7) is 8.58. The number of fused-ring (bicyclic) bond motifs is 2. The fourth-order valence-electron chi connectivity index (χ4n) is 4.20. The van der Waals surface area contributed by atoms with Gasteiger partial charge in [0.15, 0.2) is 0 Å². The summed E-state index contributed by atoms with van der Waals surface area (Å²) in [5.74, 6) is 0.954. The van der Waals surface area contributed by atoms with Crippen LogP contribution in [-0.2, 0) is 13.0 Å². The van der Waals surface area contributed by atoms with Gasteiger partial charge >= 0.3 is 0 Å². The average molecular weight is 494 g/mol. The van der Waals surface area contributed by atoms with Crippen molar-refractivity contribution in [3.05, 3.63) is 64.5 Å². The number of benzene rings is 2. The Morgan fingerprint density at radius 1 is 1.15 bits per heavy atom. The molecule has 0 bridgehead atoms. The van der Waals surface area contributed by atoms with Crippen LogP contribution < -0.4 is 5.32 Å². The third-order valence-electron chi connectivity index (χ3n) is 5.98. The van der Waals surface area contributed by atoms with Crippen LogP contribution in [0.2, 0.25) is 0 Å². The van der Waals surface area contributed by atoms with Gasteiger partial charge in [0.2, 0.25) is 0 Å². The van der Waals surface area contributed by atoms with Crippen LogP contribution in [0.25, 0.3) is 20.8 Å². The van der Waals surface area contributed by atoms with E-state index >= 15 is 0 Å². The van der Waals surface area contributed by atoms with Gasteiger partial charge in [-0.25, -0.2) is 4.98 Å². The Morgan fingerprint density at radius 2 is 1.94 bits per heavy atom. The number of thioether (sulfide) groups is 1. The number of carbonyl (C=O) groups is 1. The predicted octanol–water partition coefficient (Wildman–Crippen LogP) is 7.16. The van der Waals surface area contributed by atoms with Crippen LogP contribution in [0.3, 0.4) is 0 Å². The van der Waals surface area contributed by atoms with Gasteiger partial charge in [-0.2, -0.15) is 0 Å². The Labute approximate surface area is 207 Å². The lowest BCUT2D eigenvalue weighted by Crippen LogP contribution is -2.35. The molecule has 0 saturated carbocycles. The Bertz CT molecular complexity index is 1260. The lowest BCUT2D eigenvalue weighted by molar-refractivity contribution is 0.102. The third kappa shape index (κ3) is 4.60. The van der Waals surface area contributed by atoms with E-state index in [1.165, 1.54) is 20.0 Å². The van der Waals surface area contributed by atoms with E-state index in [2.05, 4.69) is 49.2 Å². The number of anilines is 1. The van der Waals surface area contributed by atoms with E-state index in [-0.39, 0.29) is 5.91 Å². The molecule has 1 N–H and O–H groups in total. The van der Waals surface area contributed by atoms with Crippen LogP contribution in [0, 0.1) is 0 Å². The highest BCUT2D eigenvalue weighted by atomic mass is 32.2. The number of rotatable bonds is 6.